The SMILES string of the molecule is CC[As](S)CC. The van der Waals surface area contributed by atoms with Gasteiger partial charge in [-0.15, -0.1) is 0 Å². The Bertz CT molecular complexity index is 26.7. The van der Waals surface area contributed by atoms with Gasteiger partial charge in [-0.1, -0.05) is 0 Å². The molecule has 0 bridgehead atoms. The Kier molecular flexibility index (Phi) is 4.70. The second-order valence-electron chi connectivity index (χ2n) is 1.14. The Hall–Kier alpha value is 0.908. The zero-order valence-corrected chi connectivity index (χ0v) is 7.08. The monoisotopic (exact) mass is 166 g/mol. The van der Waals surface area contributed by atoms with Gasteiger partial charge in [0.25, 0.3) is 0 Å². The van der Waals surface area contributed by atoms with E-state index in [-0.39, 0.29) is 0 Å². The van der Waals surface area contributed by atoms with Gasteiger partial charge in [0, 0.05) is 0 Å². The molecule has 0 aliphatic carbocycles. The minimum absolute atomic E-state index is 0.521. The van der Waals surface area contributed by atoms with Crippen molar-refractivity contribution in [3.05, 3.63) is 0 Å². The molecule has 0 aliphatic rings. The Morgan fingerprint density at radius 3 is 1.67 bits per heavy atom. The molecular weight excluding hydrogens is 155 g/mol. The van der Waals surface area contributed by atoms with Crippen LogP contribution in [-0.2, 0) is 0 Å². The Balaban J connectivity index is 2.75. The predicted molar refractivity (Wildman–Crippen MR) is 35.7 cm³/mol. The van der Waals surface area contributed by atoms with Crippen molar-refractivity contribution in [1.29, 1.82) is 0 Å². The van der Waals surface area contributed by atoms with E-state index in [9.17, 15) is 0 Å². The van der Waals surface area contributed by atoms with Gasteiger partial charge in [0.1, 0.15) is 0 Å². The van der Waals surface area contributed by atoms with E-state index in [0.29, 0.717) is 0 Å². The quantitative estimate of drug-likeness (QED) is 0.470. The Morgan fingerprint density at radius 2 is 1.67 bits per heavy atom. The van der Waals surface area contributed by atoms with Gasteiger partial charge in [-0.25, -0.2) is 0 Å². The normalized spacial score (nSPS) is 10.0. The van der Waals surface area contributed by atoms with Crippen molar-refractivity contribution in [2.45, 2.75) is 24.3 Å². The van der Waals surface area contributed by atoms with Gasteiger partial charge >= 0.3 is 48.7 Å². The van der Waals surface area contributed by atoms with E-state index < -0.39 is 13.5 Å². The van der Waals surface area contributed by atoms with E-state index in [1.807, 2.05) is 0 Å². The number of rotatable bonds is 2. The third-order valence-corrected chi connectivity index (χ3v) is 6.73. The van der Waals surface area contributed by atoms with Crippen LogP contribution in [0.1, 0.15) is 13.8 Å². The molecule has 0 amide bonds. The first-order chi connectivity index (χ1) is 2.81. The van der Waals surface area contributed by atoms with Crippen molar-refractivity contribution in [3.63, 3.8) is 0 Å². The van der Waals surface area contributed by atoms with E-state index in [1.54, 1.807) is 0 Å². The number of hydrogen-bond acceptors (Lipinski definition) is 1. The third kappa shape index (κ3) is 3.11. The molecule has 0 nitrogen and oxygen atoms in total. The molecule has 0 saturated heterocycles. The molecule has 0 rings (SSSR count). The Labute approximate surface area is 49.0 Å². The summed E-state index contributed by atoms with van der Waals surface area (Å²) in [7, 11) is 4.38. The average Bonchev–Trinajstić information content (AvgIpc) is 1.65. The molecular formula is C4H11AsS. The molecule has 0 radical (unpaired) electrons. The van der Waals surface area contributed by atoms with Crippen LogP contribution in [-0.4, -0.2) is 13.5 Å². The summed E-state index contributed by atoms with van der Waals surface area (Å²) in [6, 6.07) is 0. The molecule has 0 spiro atoms. The second kappa shape index (κ2) is 4.08. The molecule has 2 heteroatoms. The maximum atomic E-state index is 4.38. The van der Waals surface area contributed by atoms with Crippen LogP contribution in [0.5, 0.6) is 0 Å². The minimum atomic E-state index is -0.521. The van der Waals surface area contributed by atoms with Crippen LogP contribution in [0.25, 0.3) is 0 Å². The maximum absolute atomic E-state index is 4.38. The molecule has 0 saturated carbocycles. The summed E-state index contributed by atoms with van der Waals surface area (Å²) in [6.45, 7) is 4.44. The molecule has 6 heavy (non-hydrogen) atoms. The van der Waals surface area contributed by atoms with Gasteiger partial charge in [-0.3, -0.25) is 0 Å². The fraction of sp³-hybridized carbons (Fsp3) is 1.00. The van der Waals surface area contributed by atoms with E-state index in [4.69, 9.17) is 0 Å². The standard InChI is InChI=1S/C4H11AsS/c1-3-5(6)4-2/h6H,3-4H2,1-2H3. The zero-order valence-electron chi connectivity index (χ0n) is 4.31. The molecule has 0 aliphatic heterocycles. The summed E-state index contributed by atoms with van der Waals surface area (Å²) < 4.78 is 0. The summed E-state index contributed by atoms with van der Waals surface area (Å²) in [5.41, 5.74) is 0. The van der Waals surface area contributed by atoms with Crippen LogP contribution in [0, 0.1) is 0 Å². The number of thiol groups is 1. The van der Waals surface area contributed by atoms with Crippen LogP contribution in [0.2, 0.25) is 10.4 Å². The third-order valence-electron chi connectivity index (χ3n) is 0.730. The average molecular weight is 166 g/mol. The van der Waals surface area contributed by atoms with E-state index in [2.05, 4.69) is 24.7 Å². The van der Waals surface area contributed by atoms with E-state index in [1.165, 1.54) is 10.4 Å². The van der Waals surface area contributed by atoms with Gasteiger partial charge in [0.2, 0.25) is 0 Å². The first-order valence-electron chi connectivity index (χ1n) is 2.25. The molecule has 0 heterocycles. The van der Waals surface area contributed by atoms with Gasteiger partial charge in [-0.05, 0) is 0 Å². The fourth-order valence-corrected chi connectivity index (χ4v) is 1.16. The molecule has 0 fully saturated rings. The van der Waals surface area contributed by atoms with Crippen LogP contribution in [0.4, 0.5) is 0 Å². The molecule has 0 unspecified atom stereocenters. The van der Waals surface area contributed by atoms with Crippen LogP contribution >= 0.6 is 10.9 Å². The van der Waals surface area contributed by atoms with Crippen molar-refractivity contribution in [3.8, 4) is 0 Å². The van der Waals surface area contributed by atoms with Crippen molar-refractivity contribution < 1.29 is 0 Å². The molecule has 38 valence electrons. The van der Waals surface area contributed by atoms with Crippen molar-refractivity contribution in [2.24, 2.45) is 0 Å². The summed E-state index contributed by atoms with van der Waals surface area (Å²) in [5.74, 6) is 0. The van der Waals surface area contributed by atoms with Crippen LogP contribution in [0.3, 0.4) is 0 Å². The zero-order chi connectivity index (χ0) is 4.99. The second-order valence-corrected chi connectivity index (χ2v) is 8.86. The summed E-state index contributed by atoms with van der Waals surface area (Å²) in [5, 5.41) is 2.68. The van der Waals surface area contributed by atoms with Crippen LogP contribution in [0.15, 0.2) is 0 Å². The number of hydrogen-bond donors (Lipinski definition) is 1. The predicted octanol–water partition coefficient (Wildman–Crippen LogP) is 1.95. The first-order valence-corrected chi connectivity index (χ1v) is 7.82. The van der Waals surface area contributed by atoms with Gasteiger partial charge in [-0.2, -0.15) is 0 Å². The summed E-state index contributed by atoms with van der Waals surface area (Å²) in [4.78, 5) is 0. The van der Waals surface area contributed by atoms with Crippen molar-refractivity contribution in [1.82, 2.24) is 0 Å². The molecule has 0 aromatic rings. The molecule has 0 atom stereocenters. The fourth-order valence-electron chi connectivity index (χ4n) is 0.224. The van der Waals surface area contributed by atoms with Crippen molar-refractivity contribution >= 4 is 24.4 Å². The topological polar surface area (TPSA) is 0 Å². The van der Waals surface area contributed by atoms with Gasteiger partial charge in [0.05, 0.1) is 0 Å². The van der Waals surface area contributed by atoms with Gasteiger partial charge in [0.15, 0.2) is 0 Å². The van der Waals surface area contributed by atoms with E-state index in [0.717, 1.165) is 0 Å². The molecule has 0 aromatic heterocycles. The summed E-state index contributed by atoms with van der Waals surface area (Å²) >= 11 is -0.521. The Morgan fingerprint density at radius 1 is 1.33 bits per heavy atom. The van der Waals surface area contributed by atoms with Crippen molar-refractivity contribution in [2.75, 3.05) is 0 Å². The van der Waals surface area contributed by atoms with Crippen LogP contribution < -0.4 is 0 Å². The van der Waals surface area contributed by atoms with Gasteiger partial charge < -0.3 is 0 Å². The molecule has 0 N–H and O–H groups in total. The molecule has 0 aromatic carbocycles. The van der Waals surface area contributed by atoms with E-state index >= 15 is 0 Å². The first kappa shape index (κ1) is 6.91. The summed E-state index contributed by atoms with van der Waals surface area (Å²) in [6.07, 6.45) is 0.